The molecule has 0 saturated carbocycles. The highest BCUT2D eigenvalue weighted by Crippen LogP contribution is 2.10. The number of hydrogen-bond donors (Lipinski definition) is 4. The van der Waals surface area contributed by atoms with Crippen molar-refractivity contribution in [3.63, 3.8) is 0 Å². The predicted molar refractivity (Wildman–Crippen MR) is 40.3 cm³/mol. The third-order valence-corrected chi connectivity index (χ3v) is 1.80. The van der Waals surface area contributed by atoms with E-state index < -0.39 is 30.8 Å². The van der Waals surface area contributed by atoms with E-state index in [1.54, 1.807) is 0 Å². The number of aldehydes is 1. The maximum Gasteiger partial charge on any atom is 0.148 e. The molecule has 0 aromatic rings. The minimum Gasteiger partial charge on any atom is -0.394 e. The van der Waals surface area contributed by atoms with E-state index in [1.165, 1.54) is 6.92 Å². The quantitative estimate of drug-likeness (QED) is 0.361. The highest BCUT2D eigenvalue weighted by Gasteiger charge is 2.27. The Balaban J connectivity index is 4.07. The van der Waals surface area contributed by atoms with Crippen LogP contribution in [-0.4, -0.2) is 51.6 Å². The Hall–Kier alpha value is -0.490. The summed E-state index contributed by atoms with van der Waals surface area (Å²) in [5, 5.41) is 35.4. The fourth-order valence-corrected chi connectivity index (χ4v) is 0.784. The van der Waals surface area contributed by atoms with Crippen molar-refractivity contribution in [3.05, 3.63) is 0 Å². The van der Waals surface area contributed by atoms with Crippen LogP contribution in [0, 0.1) is 5.92 Å². The first kappa shape index (κ1) is 11.5. The highest BCUT2D eigenvalue weighted by molar-refractivity contribution is 5.56. The first-order valence-electron chi connectivity index (χ1n) is 3.65. The van der Waals surface area contributed by atoms with E-state index in [0.29, 0.717) is 0 Å². The average Bonchev–Trinajstić information content (AvgIpc) is 2.12. The van der Waals surface area contributed by atoms with Crippen LogP contribution in [-0.2, 0) is 4.79 Å². The Bertz CT molecular complexity index is 138. The summed E-state index contributed by atoms with van der Waals surface area (Å²) in [5.74, 6) is -0.787. The van der Waals surface area contributed by atoms with Gasteiger partial charge in [0.15, 0.2) is 0 Å². The Morgan fingerprint density at radius 3 is 2.17 bits per heavy atom. The van der Waals surface area contributed by atoms with Gasteiger partial charge in [-0.2, -0.15) is 0 Å². The van der Waals surface area contributed by atoms with Crippen molar-refractivity contribution in [1.29, 1.82) is 0 Å². The summed E-state index contributed by atoms with van der Waals surface area (Å²) >= 11 is 0. The third-order valence-electron chi connectivity index (χ3n) is 1.80. The van der Waals surface area contributed by atoms with E-state index in [2.05, 4.69) is 0 Å². The van der Waals surface area contributed by atoms with Crippen LogP contribution < -0.4 is 0 Å². The molecule has 0 aromatic heterocycles. The Morgan fingerprint density at radius 1 is 1.33 bits per heavy atom. The van der Waals surface area contributed by atoms with Gasteiger partial charge in [-0.25, -0.2) is 0 Å². The smallest absolute Gasteiger partial charge is 0.148 e. The highest BCUT2D eigenvalue weighted by atomic mass is 16.4. The first-order chi connectivity index (χ1) is 5.54. The lowest BCUT2D eigenvalue weighted by atomic mass is 9.95. The van der Waals surface area contributed by atoms with E-state index >= 15 is 0 Å². The summed E-state index contributed by atoms with van der Waals surface area (Å²) in [4.78, 5) is 10.1. The number of rotatable bonds is 5. The third kappa shape index (κ3) is 2.86. The monoisotopic (exact) mass is 178 g/mol. The van der Waals surface area contributed by atoms with Crippen LogP contribution in [0.4, 0.5) is 0 Å². The molecule has 4 atom stereocenters. The zero-order chi connectivity index (χ0) is 9.72. The van der Waals surface area contributed by atoms with Crippen molar-refractivity contribution < 1.29 is 25.2 Å². The minimum absolute atomic E-state index is 0.276. The Morgan fingerprint density at radius 2 is 1.83 bits per heavy atom. The van der Waals surface area contributed by atoms with Gasteiger partial charge in [0.05, 0.1) is 12.7 Å². The van der Waals surface area contributed by atoms with Crippen molar-refractivity contribution in [1.82, 2.24) is 0 Å². The second-order valence-electron chi connectivity index (χ2n) is 2.73. The van der Waals surface area contributed by atoms with E-state index in [9.17, 15) is 4.79 Å². The van der Waals surface area contributed by atoms with Gasteiger partial charge in [0.1, 0.15) is 18.5 Å². The van der Waals surface area contributed by atoms with Crippen LogP contribution >= 0.6 is 0 Å². The van der Waals surface area contributed by atoms with Crippen molar-refractivity contribution in [2.75, 3.05) is 6.61 Å². The fourth-order valence-electron chi connectivity index (χ4n) is 0.784. The molecule has 72 valence electrons. The van der Waals surface area contributed by atoms with E-state index in [-0.39, 0.29) is 6.29 Å². The summed E-state index contributed by atoms with van der Waals surface area (Å²) in [7, 11) is 0. The van der Waals surface area contributed by atoms with E-state index in [1.807, 2.05) is 0 Å². The van der Waals surface area contributed by atoms with Crippen molar-refractivity contribution in [2.24, 2.45) is 5.92 Å². The zero-order valence-electron chi connectivity index (χ0n) is 6.79. The van der Waals surface area contributed by atoms with Crippen molar-refractivity contribution in [2.45, 2.75) is 25.2 Å². The predicted octanol–water partition coefficient (Wildman–Crippen LogP) is -2.10. The van der Waals surface area contributed by atoms with Gasteiger partial charge in [-0.1, -0.05) is 6.92 Å². The van der Waals surface area contributed by atoms with Gasteiger partial charge in [0.25, 0.3) is 0 Å². The lowest BCUT2D eigenvalue weighted by Crippen LogP contribution is -2.40. The topological polar surface area (TPSA) is 98.0 Å². The molecule has 0 amide bonds. The summed E-state index contributed by atoms with van der Waals surface area (Å²) in [6.45, 7) is 0.805. The summed E-state index contributed by atoms with van der Waals surface area (Å²) in [5.41, 5.74) is 0. The molecule has 5 heteroatoms. The molecule has 4 N–H and O–H groups in total. The van der Waals surface area contributed by atoms with Crippen molar-refractivity contribution in [3.8, 4) is 0 Å². The van der Waals surface area contributed by atoms with Crippen LogP contribution in [0.5, 0.6) is 0 Å². The maximum atomic E-state index is 10.1. The maximum absolute atomic E-state index is 10.1. The number of carbonyl (C=O) groups excluding carboxylic acids is 1. The lowest BCUT2D eigenvalue weighted by molar-refractivity contribution is -0.123. The van der Waals surface area contributed by atoms with Gasteiger partial charge < -0.3 is 25.2 Å². The fraction of sp³-hybridized carbons (Fsp3) is 0.857. The van der Waals surface area contributed by atoms with Gasteiger partial charge in [0, 0.05) is 5.92 Å². The van der Waals surface area contributed by atoms with Crippen LogP contribution in [0.3, 0.4) is 0 Å². The second-order valence-corrected chi connectivity index (χ2v) is 2.73. The average molecular weight is 178 g/mol. The molecule has 0 aromatic carbocycles. The van der Waals surface area contributed by atoms with Crippen LogP contribution in [0.2, 0.25) is 0 Å². The number of aliphatic hydroxyl groups is 4. The molecule has 0 spiro atoms. The molecule has 0 radical (unpaired) electrons. The summed E-state index contributed by atoms with van der Waals surface area (Å²) in [6.07, 6.45) is -3.66. The van der Waals surface area contributed by atoms with Gasteiger partial charge in [-0.3, -0.25) is 0 Å². The Labute approximate surface area is 70.3 Å². The van der Waals surface area contributed by atoms with Crippen LogP contribution in [0.25, 0.3) is 0 Å². The molecule has 5 nitrogen and oxygen atoms in total. The molecule has 0 aliphatic carbocycles. The zero-order valence-corrected chi connectivity index (χ0v) is 6.79. The second kappa shape index (κ2) is 5.21. The summed E-state index contributed by atoms with van der Waals surface area (Å²) < 4.78 is 0. The lowest BCUT2D eigenvalue weighted by Gasteiger charge is -2.23. The molecule has 0 aliphatic rings. The molecular weight excluding hydrogens is 164 g/mol. The molecule has 0 rings (SSSR count). The molecule has 0 fully saturated rings. The molecule has 4 unspecified atom stereocenters. The molecule has 12 heavy (non-hydrogen) atoms. The molecule has 0 saturated heterocycles. The van der Waals surface area contributed by atoms with Gasteiger partial charge >= 0.3 is 0 Å². The van der Waals surface area contributed by atoms with Gasteiger partial charge in [0.2, 0.25) is 0 Å². The molecular formula is C7H14O5. The van der Waals surface area contributed by atoms with Gasteiger partial charge in [-0.15, -0.1) is 0 Å². The van der Waals surface area contributed by atoms with E-state index in [0.717, 1.165) is 0 Å². The normalized spacial score (nSPS) is 21.1. The first-order valence-corrected chi connectivity index (χ1v) is 3.65. The molecule has 0 heterocycles. The van der Waals surface area contributed by atoms with Gasteiger partial charge in [-0.05, 0) is 0 Å². The number of aliphatic hydroxyl groups excluding tert-OH is 4. The van der Waals surface area contributed by atoms with Crippen LogP contribution in [0.15, 0.2) is 0 Å². The van der Waals surface area contributed by atoms with Crippen LogP contribution in [0.1, 0.15) is 6.92 Å². The SMILES string of the molecule is CC(C(O)C=O)C(O)C(O)CO. The standard InChI is InChI=1S/C7H14O5/c1-4(5(10)2-8)7(12)6(11)3-9/h2,4-7,9-12H,3H2,1H3. The Kier molecular flexibility index (Phi) is 5.00. The minimum atomic E-state index is -1.32. The molecule has 0 bridgehead atoms. The van der Waals surface area contributed by atoms with Crippen molar-refractivity contribution >= 4 is 6.29 Å². The largest absolute Gasteiger partial charge is 0.394 e. The van der Waals surface area contributed by atoms with E-state index in [4.69, 9.17) is 20.4 Å². The number of carbonyl (C=O) groups is 1. The summed E-state index contributed by atoms with van der Waals surface area (Å²) in [6, 6.07) is 0. The number of hydrogen-bond acceptors (Lipinski definition) is 5. The molecule has 0 aliphatic heterocycles.